The quantitative estimate of drug-likeness (QED) is 0.766. The van der Waals surface area contributed by atoms with Crippen molar-refractivity contribution in [2.75, 3.05) is 19.6 Å². The van der Waals surface area contributed by atoms with Gasteiger partial charge in [-0.3, -0.25) is 4.79 Å². The normalized spacial score (nSPS) is 11.4. The summed E-state index contributed by atoms with van der Waals surface area (Å²) in [5.41, 5.74) is 8.34. The van der Waals surface area contributed by atoms with Gasteiger partial charge >= 0.3 is 0 Å². The largest absolute Gasteiger partial charge is 0.337 e. The summed E-state index contributed by atoms with van der Waals surface area (Å²) in [5.74, 6) is -0.251. The molecule has 0 unspecified atom stereocenters. The van der Waals surface area contributed by atoms with Gasteiger partial charge in [-0.25, -0.2) is 13.6 Å². The van der Waals surface area contributed by atoms with E-state index in [1.807, 2.05) is 30.3 Å². The molecular formula is C19H25N3O3S. The molecule has 0 aliphatic rings. The number of benzene rings is 2. The summed E-state index contributed by atoms with van der Waals surface area (Å²) in [6.45, 7) is 4.66. The van der Waals surface area contributed by atoms with E-state index in [1.165, 1.54) is 6.07 Å². The van der Waals surface area contributed by atoms with Crippen molar-refractivity contribution in [1.29, 1.82) is 0 Å². The maximum Gasteiger partial charge on any atom is 0.253 e. The third-order valence-corrected chi connectivity index (χ3v) is 5.41. The Hall–Kier alpha value is -2.22. The van der Waals surface area contributed by atoms with Crippen LogP contribution in [0.2, 0.25) is 0 Å². The fourth-order valence-corrected chi connectivity index (χ4v) is 3.69. The highest BCUT2D eigenvalue weighted by Gasteiger charge is 2.20. The number of hydrogen-bond donors (Lipinski definition) is 2. The molecule has 0 radical (unpaired) electrons. The second-order valence-corrected chi connectivity index (χ2v) is 7.81. The van der Waals surface area contributed by atoms with E-state index >= 15 is 0 Å². The van der Waals surface area contributed by atoms with Crippen molar-refractivity contribution in [3.8, 4) is 0 Å². The Morgan fingerprint density at radius 2 is 1.73 bits per heavy atom. The highest BCUT2D eigenvalue weighted by Crippen LogP contribution is 2.21. The zero-order valence-corrected chi connectivity index (χ0v) is 15.9. The number of primary sulfonamides is 1. The lowest BCUT2D eigenvalue weighted by Gasteiger charge is -2.23. The molecule has 0 fully saturated rings. The fourth-order valence-electron chi connectivity index (χ4n) is 2.81. The van der Waals surface area contributed by atoms with Gasteiger partial charge in [0, 0.05) is 25.2 Å². The molecule has 7 heteroatoms. The first kappa shape index (κ1) is 20.1. The molecule has 2 aromatic carbocycles. The second-order valence-electron chi connectivity index (χ2n) is 6.28. The van der Waals surface area contributed by atoms with Crippen LogP contribution in [-0.4, -0.2) is 38.9 Å². The van der Waals surface area contributed by atoms with Gasteiger partial charge < -0.3 is 10.6 Å². The van der Waals surface area contributed by atoms with Crippen molar-refractivity contribution in [1.82, 2.24) is 4.90 Å². The van der Waals surface area contributed by atoms with Crippen LogP contribution in [0.4, 0.5) is 0 Å². The van der Waals surface area contributed by atoms with E-state index < -0.39 is 10.0 Å². The number of rotatable bonds is 7. The lowest BCUT2D eigenvalue weighted by Crippen LogP contribution is -2.37. The average Bonchev–Trinajstić information content (AvgIpc) is 2.60. The molecule has 0 spiro atoms. The number of sulfonamides is 1. The van der Waals surface area contributed by atoms with Gasteiger partial charge in [0.15, 0.2) is 0 Å². The summed E-state index contributed by atoms with van der Waals surface area (Å²) in [5, 5.41) is 5.29. The molecule has 0 bridgehead atoms. The summed E-state index contributed by atoms with van der Waals surface area (Å²) in [6, 6.07) is 12.9. The molecule has 2 rings (SSSR count). The van der Waals surface area contributed by atoms with E-state index in [1.54, 1.807) is 24.8 Å². The number of amides is 1. The highest BCUT2D eigenvalue weighted by atomic mass is 32.2. The Morgan fingerprint density at radius 1 is 1.08 bits per heavy atom. The van der Waals surface area contributed by atoms with E-state index in [9.17, 15) is 13.2 Å². The van der Waals surface area contributed by atoms with Crippen molar-refractivity contribution in [3.63, 3.8) is 0 Å². The maximum absolute atomic E-state index is 12.9. The molecule has 0 atom stereocenters. The van der Waals surface area contributed by atoms with E-state index in [2.05, 4.69) is 0 Å². The van der Waals surface area contributed by atoms with Crippen molar-refractivity contribution < 1.29 is 13.2 Å². The third-order valence-electron chi connectivity index (χ3n) is 4.37. The zero-order chi connectivity index (χ0) is 19.3. The minimum atomic E-state index is -3.90. The Balaban J connectivity index is 2.29. The summed E-state index contributed by atoms with van der Waals surface area (Å²) in [4.78, 5) is 14.6. The predicted octanol–water partition coefficient (Wildman–Crippen LogP) is 1.59. The van der Waals surface area contributed by atoms with Crippen LogP contribution in [-0.2, 0) is 16.4 Å². The van der Waals surface area contributed by atoms with Gasteiger partial charge in [0.1, 0.15) is 0 Å². The number of nitrogens with two attached hydrogens (primary N) is 2. The summed E-state index contributed by atoms with van der Waals surface area (Å²) >= 11 is 0. The van der Waals surface area contributed by atoms with Crippen LogP contribution in [0.25, 0.3) is 0 Å². The first-order valence-corrected chi connectivity index (χ1v) is 9.96. The van der Waals surface area contributed by atoms with Gasteiger partial charge in [-0.15, -0.1) is 0 Å². The number of hydrogen-bond acceptors (Lipinski definition) is 4. The van der Waals surface area contributed by atoms with Gasteiger partial charge in [0.2, 0.25) is 10.0 Å². The van der Waals surface area contributed by atoms with Gasteiger partial charge in [0.25, 0.3) is 5.91 Å². The highest BCUT2D eigenvalue weighted by molar-refractivity contribution is 7.89. The molecule has 0 aliphatic heterocycles. The SMILES string of the molecule is Cc1cc(C(=O)N(CCN)CCc2ccccc2)cc(S(N)(=O)=O)c1C. The van der Waals surface area contributed by atoms with Crippen LogP contribution >= 0.6 is 0 Å². The predicted molar refractivity (Wildman–Crippen MR) is 102 cm³/mol. The lowest BCUT2D eigenvalue weighted by molar-refractivity contribution is 0.0761. The van der Waals surface area contributed by atoms with Gasteiger partial charge in [-0.2, -0.15) is 0 Å². The van der Waals surface area contributed by atoms with Crippen molar-refractivity contribution in [2.45, 2.75) is 25.2 Å². The Morgan fingerprint density at radius 3 is 2.31 bits per heavy atom. The van der Waals surface area contributed by atoms with Crippen LogP contribution < -0.4 is 10.9 Å². The number of carbonyl (C=O) groups excluding carboxylic acids is 1. The Bertz CT molecular complexity index is 880. The first-order chi connectivity index (χ1) is 12.2. The summed E-state index contributed by atoms with van der Waals surface area (Å²) in [7, 11) is -3.90. The van der Waals surface area contributed by atoms with Gasteiger partial charge in [-0.05, 0) is 49.1 Å². The third kappa shape index (κ3) is 4.91. The van der Waals surface area contributed by atoms with E-state index in [4.69, 9.17) is 10.9 Å². The molecule has 26 heavy (non-hydrogen) atoms. The van der Waals surface area contributed by atoms with Crippen LogP contribution in [0, 0.1) is 13.8 Å². The van der Waals surface area contributed by atoms with E-state index in [0.717, 1.165) is 5.56 Å². The van der Waals surface area contributed by atoms with E-state index in [-0.39, 0.29) is 10.8 Å². The van der Waals surface area contributed by atoms with Crippen molar-refractivity contribution in [3.05, 3.63) is 64.7 Å². The molecule has 0 saturated heterocycles. The van der Waals surface area contributed by atoms with Crippen LogP contribution in [0.5, 0.6) is 0 Å². The van der Waals surface area contributed by atoms with Gasteiger partial charge in [0.05, 0.1) is 4.90 Å². The average molecular weight is 375 g/mol. The molecule has 0 saturated carbocycles. The van der Waals surface area contributed by atoms with Crippen molar-refractivity contribution >= 4 is 15.9 Å². The van der Waals surface area contributed by atoms with E-state index in [0.29, 0.717) is 42.7 Å². The number of nitrogens with zero attached hydrogens (tertiary/aromatic N) is 1. The smallest absolute Gasteiger partial charge is 0.253 e. The molecule has 0 aliphatic carbocycles. The molecule has 4 N–H and O–H groups in total. The molecule has 140 valence electrons. The van der Waals surface area contributed by atoms with Crippen LogP contribution in [0.15, 0.2) is 47.4 Å². The first-order valence-electron chi connectivity index (χ1n) is 8.41. The van der Waals surface area contributed by atoms with Gasteiger partial charge in [-0.1, -0.05) is 30.3 Å². The molecule has 2 aromatic rings. The molecule has 0 heterocycles. The topological polar surface area (TPSA) is 106 Å². The summed E-state index contributed by atoms with van der Waals surface area (Å²) in [6.07, 6.45) is 0.694. The minimum absolute atomic E-state index is 0.0170. The maximum atomic E-state index is 12.9. The molecule has 6 nitrogen and oxygen atoms in total. The zero-order valence-electron chi connectivity index (χ0n) is 15.1. The fraction of sp³-hybridized carbons (Fsp3) is 0.316. The van der Waals surface area contributed by atoms with Crippen molar-refractivity contribution in [2.24, 2.45) is 10.9 Å². The Labute approximate surface area is 154 Å². The second kappa shape index (κ2) is 8.44. The minimum Gasteiger partial charge on any atom is -0.337 e. The number of aryl methyl sites for hydroxylation is 1. The lowest BCUT2D eigenvalue weighted by atomic mass is 10.0. The molecule has 0 aromatic heterocycles. The summed E-state index contributed by atoms with van der Waals surface area (Å²) < 4.78 is 23.6. The number of carbonyl (C=O) groups is 1. The van der Waals surface area contributed by atoms with Crippen LogP contribution in [0.3, 0.4) is 0 Å². The van der Waals surface area contributed by atoms with Crippen LogP contribution in [0.1, 0.15) is 27.0 Å². The molecule has 1 amide bonds. The standard InChI is InChI=1S/C19H25N3O3S/c1-14-12-17(13-18(15(14)2)26(21,24)25)19(23)22(11-9-20)10-8-16-6-4-3-5-7-16/h3-7,12-13H,8-11,20H2,1-2H3,(H2,21,24,25). The Kier molecular flexibility index (Phi) is 6.52. The monoisotopic (exact) mass is 375 g/mol. The molecular weight excluding hydrogens is 350 g/mol.